The summed E-state index contributed by atoms with van der Waals surface area (Å²) in [4.78, 5) is 24.9. The maximum atomic E-state index is 14.1. The zero-order valence-electron chi connectivity index (χ0n) is 16.5. The zero-order valence-corrected chi connectivity index (χ0v) is 16.5. The third kappa shape index (κ3) is 3.63. The summed E-state index contributed by atoms with van der Waals surface area (Å²) in [7, 11) is 0.785. The quantitative estimate of drug-likeness (QED) is 0.532. The van der Waals surface area contributed by atoms with Crippen LogP contribution < -0.4 is 0 Å². The Morgan fingerprint density at radius 1 is 1.20 bits per heavy atom. The highest BCUT2D eigenvalue weighted by molar-refractivity contribution is 5.92. The van der Waals surface area contributed by atoms with E-state index in [2.05, 4.69) is 0 Å². The summed E-state index contributed by atoms with van der Waals surface area (Å²) in [5.74, 6) is -2.33. The van der Waals surface area contributed by atoms with Crippen LogP contribution in [0.5, 0.6) is 0 Å². The van der Waals surface area contributed by atoms with E-state index in [-0.39, 0.29) is 5.57 Å². The van der Waals surface area contributed by atoms with E-state index in [0.717, 1.165) is 19.2 Å². The molecule has 0 unspecified atom stereocenters. The predicted molar refractivity (Wildman–Crippen MR) is 98.2 cm³/mol. The number of allylic oxidation sites excluding steroid dienone is 1. The van der Waals surface area contributed by atoms with E-state index in [9.17, 15) is 22.8 Å². The molecule has 2 aliphatic heterocycles. The third-order valence-electron chi connectivity index (χ3n) is 5.03. The van der Waals surface area contributed by atoms with Gasteiger partial charge in [0.15, 0.2) is 6.10 Å². The van der Waals surface area contributed by atoms with Crippen LogP contribution in [0.25, 0.3) is 0 Å². The standard InChI is InChI=1S/C21H21F3O6/c1-4-8-15-16(11-14-17(29-15)12(2)28-18(14)25)30-19(26)20(27-3,21(22,23)24)13-9-6-5-7-10-13/h4-12,15-17H,1-3H3/b8-4+/t12-,15-,16+,17+,20-/m0/s1. The van der Waals surface area contributed by atoms with Gasteiger partial charge in [0.25, 0.3) is 5.60 Å². The smallest absolute Gasteiger partial charge is 0.432 e. The van der Waals surface area contributed by atoms with Crippen LogP contribution in [0.1, 0.15) is 19.4 Å². The summed E-state index contributed by atoms with van der Waals surface area (Å²) in [5, 5.41) is 0. The molecule has 9 heteroatoms. The second kappa shape index (κ2) is 8.23. The van der Waals surface area contributed by atoms with Crippen LogP contribution in [0.3, 0.4) is 0 Å². The molecule has 6 nitrogen and oxygen atoms in total. The molecular formula is C21H21F3O6. The van der Waals surface area contributed by atoms with E-state index >= 15 is 0 Å². The van der Waals surface area contributed by atoms with Crippen molar-refractivity contribution >= 4 is 11.9 Å². The molecule has 5 atom stereocenters. The second-order valence-corrected chi connectivity index (χ2v) is 6.90. The molecule has 0 N–H and O–H groups in total. The average molecular weight is 426 g/mol. The van der Waals surface area contributed by atoms with Crippen molar-refractivity contribution in [2.24, 2.45) is 0 Å². The molecule has 1 fully saturated rings. The first-order valence-electron chi connectivity index (χ1n) is 9.25. The van der Waals surface area contributed by atoms with Crippen molar-refractivity contribution in [2.75, 3.05) is 7.11 Å². The lowest BCUT2D eigenvalue weighted by molar-refractivity contribution is -0.279. The summed E-state index contributed by atoms with van der Waals surface area (Å²) in [5.41, 5.74) is -3.66. The number of ether oxygens (including phenoxy) is 4. The summed E-state index contributed by atoms with van der Waals surface area (Å²) in [6.45, 7) is 3.32. The molecule has 2 aliphatic rings. The maximum absolute atomic E-state index is 14.1. The summed E-state index contributed by atoms with van der Waals surface area (Å²) in [6.07, 6.45) is -4.13. The average Bonchev–Trinajstić information content (AvgIpc) is 2.96. The predicted octanol–water partition coefficient (Wildman–Crippen LogP) is 3.22. The first-order chi connectivity index (χ1) is 14.2. The molecule has 1 aromatic rings. The van der Waals surface area contributed by atoms with Gasteiger partial charge in [-0.05, 0) is 19.9 Å². The van der Waals surface area contributed by atoms with Gasteiger partial charge in [0.05, 0.1) is 5.57 Å². The number of alkyl halides is 3. The van der Waals surface area contributed by atoms with Gasteiger partial charge in [-0.2, -0.15) is 13.2 Å². The van der Waals surface area contributed by atoms with Crippen LogP contribution in [0.4, 0.5) is 13.2 Å². The molecule has 0 spiro atoms. The molecule has 30 heavy (non-hydrogen) atoms. The minimum Gasteiger partial charge on any atom is -0.456 e. The number of methoxy groups -OCH3 is 1. The third-order valence-corrected chi connectivity index (χ3v) is 5.03. The molecule has 0 aromatic heterocycles. The normalized spacial score (nSPS) is 28.5. The number of cyclic esters (lactones) is 1. The minimum absolute atomic E-state index is 0.107. The van der Waals surface area contributed by atoms with E-state index in [1.807, 2.05) is 0 Å². The fourth-order valence-electron chi connectivity index (χ4n) is 3.57. The van der Waals surface area contributed by atoms with Gasteiger partial charge in [-0.3, -0.25) is 0 Å². The van der Waals surface area contributed by atoms with E-state index in [4.69, 9.17) is 18.9 Å². The Bertz CT molecular complexity index is 863. The summed E-state index contributed by atoms with van der Waals surface area (Å²) >= 11 is 0. The lowest BCUT2D eigenvalue weighted by Crippen LogP contribution is -2.53. The summed E-state index contributed by atoms with van der Waals surface area (Å²) in [6, 6.07) is 6.49. The minimum atomic E-state index is -5.11. The van der Waals surface area contributed by atoms with Crippen molar-refractivity contribution in [3.63, 3.8) is 0 Å². The van der Waals surface area contributed by atoms with Crippen LogP contribution in [0.2, 0.25) is 0 Å². The van der Waals surface area contributed by atoms with E-state index in [0.29, 0.717) is 0 Å². The fourth-order valence-corrected chi connectivity index (χ4v) is 3.57. The van der Waals surface area contributed by atoms with Gasteiger partial charge >= 0.3 is 18.1 Å². The lowest BCUT2D eigenvalue weighted by atomic mass is 9.92. The Morgan fingerprint density at radius 2 is 1.87 bits per heavy atom. The highest BCUT2D eigenvalue weighted by atomic mass is 19.4. The van der Waals surface area contributed by atoms with E-state index in [1.165, 1.54) is 30.4 Å². The molecule has 0 amide bonds. The number of rotatable bonds is 5. The number of carbonyl (C=O) groups excluding carboxylic acids is 2. The molecule has 0 bridgehead atoms. The molecule has 162 valence electrons. The van der Waals surface area contributed by atoms with Crippen molar-refractivity contribution in [1.82, 2.24) is 0 Å². The molecule has 1 saturated heterocycles. The number of fused-ring (bicyclic) bond motifs is 1. The Labute approximate surface area is 171 Å². The van der Waals surface area contributed by atoms with E-state index < -0.39 is 53.7 Å². The molecule has 1 aromatic carbocycles. The molecule has 0 saturated carbocycles. The highest BCUT2D eigenvalue weighted by Crippen LogP contribution is 2.44. The van der Waals surface area contributed by atoms with Crippen LogP contribution in [0, 0.1) is 0 Å². The Balaban J connectivity index is 2.00. The molecular weight excluding hydrogens is 405 g/mol. The maximum Gasteiger partial charge on any atom is 0.432 e. The van der Waals surface area contributed by atoms with Crippen LogP contribution >= 0.6 is 0 Å². The molecule has 0 aliphatic carbocycles. The largest absolute Gasteiger partial charge is 0.456 e. The van der Waals surface area contributed by atoms with E-state index in [1.54, 1.807) is 19.9 Å². The second-order valence-electron chi connectivity index (χ2n) is 6.90. The number of halogens is 3. The van der Waals surface area contributed by atoms with Gasteiger partial charge in [-0.1, -0.05) is 42.5 Å². The van der Waals surface area contributed by atoms with Gasteiger partial charge in [-0.15, -0.1) is 0 Å². The molecule has 3 rings (SSSR count). The number of esters is 2. The lowest BCUT2D eigenvalue weighted by Gasteiger charge is -2.36. The topological polar surface area (TPSA) is 71.1 Å². The first-order valence-corrected chi connectivity index (χ1v) is 9.25. The number of hydrogen-bond donors (Lipinski definition) is 0. The van der Waals surface area contributed by atoms with Gasteiger partial charge in [-0.25, -0.2) is 9.59 Å². The Hall–Kier alpha value is -2.65. The van der Waals surface area contributed by atoms with Crippen molar-refractivity contribution in [3.05, 3.63) is 59.7 Å². The van der Waals surface area contributed by atoms with Crippen molar-refractivity contribution in [2.45, 2.75) is 50.0 Å². The van der Waals surface area contributed by atoms with Gasteiger partial charge in [0, 0.05) is 12.7 Å². The zero-order chi connectivity index (χ0) is 22.1. The molecule has 0 radical (unpaired) electrons. The number of hydrogen-bond acceptors (Lipinski definition) is 6. The fraction of sp³-hybridized carbons (Fsp3) is 0.429. The molecule has 2 heterocycles. The monoisotopic (exact) mass is 426 g/mol. The first kappa shape index (κ1) is 22.0. The highest BCUT2D eigenvalue weighted by Gasteiger charge is 2.64. The Kier molecular flexibility index (Phi) is 6.05. The SMILES string of the molecule is C/C=C/[C@@H]1O[C@H]2C(=C[C@H]1OC(=O)[C@@](OC)(c1ccccc1)C(F)(F)F)C(=O)O[C@H]2C. The van der Waals surface area contributed by atoms with Gasteiger partial charge in [0.1, 0.15) is 18.3 Å². The number of benzene rings is 1. The van der Waals surface area contributed by atoms with Crippen molar-refractivity contribution in [3.8, 4) is 0 Å². The van der Waals surface area contributed by atoms with Crippen LogP contribution in [-0.4, -0.2) is 49.6 Å². The van der Waals surface area contributed by atoms with Crippen molar-refractivity contribution in [1.29, 1.82) is 0 Å². The van der Waals surface area contributed by atoms with Gasteiger partial charge in [0.2, 0.25) is 0 Å². The van der Waals surface area contributed by atoms with Gasteiger partial charge < -0.3 is 18.9 Å². The Morgan fingerprint density at radius 3 is 2.43 bits per heavy atom. The van der Waals surface area contributed by atoms with Crippen molar-refractivity contribution < 1.29 is 41.7 Å². The van der Waals surface area contributed by atoms with Crippen LogP contribution in [-0.2, 0) is 34.1 Å². The number of carbonyl (C=O) groups is 2. The van der Waals surface area contributed by atoms with Crippen LogP contribution in [0.15, 0.2) is 54.1 Å². The summed E-state index contributed by atoms with van der Waals surface area (Å²) < 4.78 is 63.1.